The first-order valence-electron chi connectivity index (χ1n) is 7.88. The van der Waals surface area contributed by atoms with E-state index in [0.717, 1.165) is 17.7 Å². The molecule has 2 aromatic carbocycles. The van der Waals surface area contributed by atoms with Crippen LogP contribution in [0.3, 0.4) is 0 Å². The molecular weight excluding hydrogens is 336 g/mol. The Hall–Kier alpha value is -2.47. The Morgan fingerprint density at radius 3 is 2.68 bits per heavy atom. The smallest absolute Gasteiger partial charge is 0.250 e. The van der Waals surface area contributed by atoms with E-state index in [-0.39, 0.29) is 5.91 Å². The zero-order valence-corrected chi connectivity index (χ0v) is 15.2. The van der Waals surface area contributed by atoms with E-state index in [4.69, 9.17) is 9.47 Å². The topological polar surface area (TPSA) is 59.9 Å². The van der Waals surface area contributed by atoms with E-state index in [9.17, 15) is 4.79 Å². The average Bonchev–Trinajstić information content (AvgIpc) is 2.66. The predicted octanol–water partition coefficient (Wildman–Crippen LogP) is 3.13. The van der Waals surface area contributed by atoms with Gasteiger partial charge < -0.3 is 9.47 Å². The first kappa shape index (κ1) is 18.9. The fourth-order valence-electron chi connectivity index (χ4n) is 2.13. The molecule has 0 radical (unpaired) electrons. The molecule has 0 aliphatic heterocycles. The van der Waals surface area contributed by atoms with Crippen molar-refractivity contribution in [2.75, 3.05) is 25.7 Å². The van der Waals surface area contributed by atoms with Gasteiger partial charge in [-0.3, -0.25) is 4.79 Å². The Balaban J connectivity index is 1.73. The number of hydrazone groups is 1. The number of nitrogens with one attached hydrogen (secondary N) is 1. The summed E-state index contributed by atoms with van der Waals surface area (Å²) in [4.78, 5) is 11.8. The maximum atomic E-state index is 11.8. The van der Waals surface area contributed by atoms with Gasteiger partial charge in [-0.25, -0.2) is 5.43 Å². The Labute approximate surface area is 152 Å². The lowest BCUT2D eigenvalue weighted by molar-refractivity contribution is -0.118. The Kier molecular flexibility index (Phi) is 7.85. The molecule has 0 aliphatic rings. The minimum atomic E-state index is -0.123. The van der Waals surface area contributed by atoms with E-state index in [1.165, 1.54) is 5.56 Å². The summed E-state index contributed by atoms with van der Waals surface area (Å²) >= 11 is 1.59. The molecule has 6 heteroatoms. The minimum Gasteiger partial charge on any atom is -0.497 e. The largest absolute Gasteiger partial charge is 0.497 e. The molecule has 0 heterocycles. The summed E-state index contributed by atoms with van der Waals surface area (Å²) in [6.45, 7) is 0. The third-order valence-electron chi connectivity index (χ3n) is 3.44. The quantitative estimate of drug-likeness (QED) is 0.425. The van der Waals surface area contributed by atoms with Crippen molar-refractivity contribution in [3.63, 3.8) is 0 Å². The first-order chi connectivity index (χ1) is 12.2. The van der Waals surface area contributed by atoms with Crippen molar-refractivity contribution in [3.05, 3.63) is 59.7 Å². The second-order valence-electron chi connectivity index (χ2n) is 5.19. The summed E-state index contributed by atoms with van der Waals surface area (Å²) in [5.74, 6) is 2.49. The number of nitrogens with zero attached hydrogens (tertiary/aromatic N) is 1. The van der Waals surface area contributed by atoms with Crippen LogP contribution in [0.1, 0.15) is 11.1 Å². The molecule has 132 valence electrons. The van der Waals surface area contributed by atoms with E-state index in [2.05, 4.69) is 22.7 Å². The Morgan fingerprint density at radius 2 is 1.96 bits per heavy atom. The molecular formula is C19H22N2O3S. The van der Waals surface area contributed by atoms with Gasteiger partial charge in [0, 0.05) is 11.6 Å². The maximum absolute atomic E-state index is 11.8. The van der Waals surface area contributed by atoms with E-state index >= 15 is 0 Å². The SMILES string of the molecule is COc1ccc(/C=N/NC(=O)CSCCc2ccccc2)c(OC)c1. The van der Waals surface area contributed by atoms with Gasteiger partial charge in [-0.2, -0.15) is 16.9 Å². The number of amides is 1. The number of hydrogen-bond acceptors (Lipinski definition) is 5. The molecule has 0 unspecified atom stereocenters. The van der Waals surface area contributed by atoms with Crippen LogP contribution in [0.15, 0.2) is 53.6 Å². The number of thioether (sulfide) groups is 1. The van der Waals surface area contributed by atoms with Gasteiger partial charge >= 0.3 is 0 Å². The lowest BCUT2D eigenvalue weighted by atomic mass is 10.2. The van der Waals surface area contributed by atoms with E-state index in [1.807, 2.05) is 30.3 Å². The van der Waals surface area contributed by atoms with Gasteiger partial charge in [-0.1, -0.05) is 30.3 Å². The molecule has 2 aromatic rings. The minimum absolute atomic E-state index is 0.123. The molecule has 0 aliphatic carbocycles. The van der Waals surface area contributed by atoms with Crippen LogP contribution in [0.25, 0.3) is 0 Å². The van der Waals surface area contributed by atoms with Crippen LogP contribution in [0.4, 0.5) is 0 Å². The molecule has 25 heavy (non-hydrogen) atoms. The van der Waals surface area contributed by atoms with Gasteiger partial charge in [-0.15, -0.1) is 0 Å². The summed E-state index contributed by atoms with van der Waals surface area (Å²) in [6, 6.07) is 15.6. The summed E-state index contributed by atoms with van der Waals surface area (Å²) in [5, 5.41) is 3.98. The number of carbonyl (C=O) groups excluding carboxylic acids is 1. The number of benzene rings is 2. The van der Waals surface area contributed by atoms with Crippen molar-refractivity contribution in [1.29, 1.82) is 0 Å². The van der Waals surface area contributed by atoms with E-state index < -0.39 is 0 Å². The highest BCUT2D eigenvalue weighted by atomic mass is 32.2. The van der Waals surface area contributed by atoms with Crippen LogP contribution in [-0.2, 0) is 11.2 Å². The van der Waals surface area contributed by atoms with E-state index in [1.54, 1.807) is 38.3 Å². The lowest BCUT2D eigenvalue weighted by Gasteiger charge is -2.07. The van der Waals surface area contributed by atoms with Gasteiger partial charge in [0.2, 0.25) is 5.91 Å². The van der Waals surface area contributed by atoms with Gasteiger partial charge in [-0.05, 0) is 29.9 Å². The molecule has 0 fully saturated rings. The van der Waals surface area contributed by atoms with Crippen molar-refractivity contribution >= 4 is 23.9 Å². The fourth-order valence-corrected chi connectivity index (χ4v) is 2.91. The second kappa shape index (κ2) is 10.4. The number of aryl methyl sites for hydroxylation is 1. The standard InChI is InChI=1S/C19H22N2O3S/c1-23-17-9-8-16(18(12-17)24-2)13-20-21-19(22)14-25-11-10-15-6-4-3-5-7-15/h3-9,12-13H,10-11,14H2,1-2H3,(H,21,22)/b20-13+. The molecule has 5 nitrogen and oxygen atoms in total. The van der Waals surface area contributed by atoms with Crippen LogP contribution in [0.2, 0.25) is 0 Å². The van der Waals surface area contributed by atoms with Crippen molar-refractivity contribution in [3.8, 4) is 11.5 Å². The molecule has 2 rings (SSSR count). The first-order valence-corrected chi connectivity index (χ1v) is 9.04. The molecule has 0 bridgehead atoms. The molecule has 0 saturated heterocycles. The van der Waals surface area contributed by atoms with Crippen LogP contribution >= 0.6 is 11.8 Å². The highest BCUT2D eigenvalue weighted by Gasteiger charge is 2.04. The number of rotatable bonds is 9. The van der Waals surface area contributed by atoms with Crippen molar-refractivity contribution in [2.45, 2.75) is 6.42 Å². The fraction of sp³-hybridized carbons (Fsp3) is 0.263. The predicted molar refractivity (Wildman–Crippen MR) is 103 cm³/mol. The third-order valence-corrected chi connectivity index (χ3v) is 4.40. The van der Waals surface area contributed by atoms with E-state index in [0.29, 0.717) is 17.3 Å². The zero-order valence-electron chi connectivity index (χ0n) is 14.4. The molecule has 0 saturated carbocycles. The second-order valence-corrected chi connectivity index (χ2v) is 6.29. The van der Waals surface area contributed by atoms with Gasteiger partial charge in [0.05, 0.1) is 26.2 Å². The van der Waals surface area contributed by atoms with Crippen molar-refractivity contribution in [2.24, 2.45) is 5.10 Å². The average molecular weight is 358 g/mol. The van der Waals surface area contributed by atoms with Crippen molar-refractivity contribution < 1.29 is 14.3 Å². The third kappa shape index (κ3) is 6.51. The summed E-state index contributed by atoms with van der Waals surface area (Å²) in [5.41, 5.74) is 4.57. The number of ether oxygens (including phenoxy) is 2. The number of carbonyl (C=O) groups is 1. The summed E-state index contributed by atoms with van der Waals surface area (Å²) in [7, 11) is 3.17. The lowest BCUT2D eigenvalue weighted by Crippen LogP contribution is -2.20. The highest BCUT2D eigenvalue weighted by molar-refractivity contribution is 7.99. The van der Waals surface area contributed by atoms with Gasteiger partial charge in [0.15, 0.2) is 0 Å². The molecule has 1 N–H and O–H groups in total. The van der Waals surface area contributed by atoms with Gasteiger partial charge in [0.25, 0.3) is 0 Å². The zero-order chi connectivity index (χ0) is 17.9. The van der Waals surface area contributed by atoms with Crippen LogP contribution < -0.4 is 14.9 Å². The normalized spacial score (nSPS) is 10.6. The molecule has 0 aromatic heterocycles. The molecule has 1 amide bonds. The van der Waals surface area contributed by atoms with Crippen LogP contribution in [0.5, 0.6) is 11.5 Å². The monoisotopic (exact) mass is 358 g/mol. The Bertz CT molecular complexity index is 705. The summed E-state index contributed by atoms with van der Waals surface area (Å²) < 4.78 is 10.4. The number of hydrogen-bond donors (Lipinski definition) is 1. The summed E-state index contributed by atoms with van der Waals surface area (Å²) in [6.07, 6.45) is 2.51. The molecule has 0 atom stereocenters. The highest BCUT2D eigenvalue weighted by Crippen LogP contribution is 2.22. The maximum Gasteiger partial charge on any atom is 0.250 e. The van der Waals surface area contributed by atoms with Gasteiger partial charge in [0.1, 0.15) is 11.5 Å². The Morgan fingerprint density at radius 1 is 1.16 bits per heavy atom. The number of methoxy groups -OCH3 is 2. The van der Waals surface area contributed by atoms with Crippen molar-refractivity contribution in [1.82, 2.24) is 5.43 Å². The molecule has 0 spiro atoms. The van der Waals surface area contributed by atoms with Crippen LogP contribution in [0, 0.1) is 0 Å². The van der Waals surface area contributed by atoms with Crippen LogP contribution in [-0.4, -0.2) is 37.8 Å².